The van der Waals surface area contributed by atoms with Gasteiger partial charge in [0.25, 0.3) is 0 Å². The molecular formula is C8H5FSe. The van der Waals surface area contributed by atoms with E-state index in [-0.39, 0.29) is 5.82 Å². The number of benzene rings is 1. The zero-order valence-corrected chi connectivity index (χ0v) is 6.89. The van der Waals surface area contributed by atoms with Gasteiger partial charge in [-0.05, 0) is 0 Å². The quantitative estimate of drug-likeness (QED) is 0.569. The van der Waals surface area contributed by atoms with E-state index in [9.17, 15) is 4.39 Å². The Morgan fingerprint density at radius 3 is 2.80 bits per heavy atom. The first-order valence-corrected chi connectivity index (χ1v) is 4.95. The van der Waals surface area contributed by atoms with Crippen LogP contribution >= 0.6 is 0 Å². The van der Waals surface area contributed by atoms with Gasteiger partial charge in [-0.1, -0.05) is 0 Å². The predicted octanol–water partition coefficient (Wildman–Crippen LogP) is 2.04. The van der Waals surface area contributed by atoms with Crippen LogP contribution in [0.5, 0.6) is 0 Å². The monoisotopic (exact) mass is 200 g/mol. The fourth-order valence-corrected chi connectivity index (χ4v) is 2.57. The summed E-state index contributed by atoms with van der Waals surface area (Å²) in [6.07, 6.45) is 0. The van der Waals surface area contributed by atoms with E-state index < -0.39 is 0 Å². The normalized spacial score (nSPS) is 10.5. The van der Waals surface area contributed by atoms with Crippen LogP contribution in [0.25, 0.3) is 10.8 Å². The Kier molecular flexibility index (Phi) is 1.37. The van der Waals surface area contributed by atoms with Gasteiger partial charge in [0.2, 0.25) is 0 Å². The molecule has 0 aliphatic heterocycles. The van der Waals surface area contributed by atoms with Crippen LogP contribution in [0.2, 0.25) is 0 Å². The van der Waals surface area contributed by atoms with Crippen molar-refractivity contribution in [3.63, 3.8) is 0 Å². The molecule has 2 rings (SSSR count). The van der Waals surface area contributed by atoms with Crippen LogP contribution < -0.4 is 0 Å². The fraction of sp³-hybridized carbons (Fsp3) is 0. The van der Waals surface area contributed by atoms with Gasteiger partial charge in [0.15, 0.2) is 0 Å². The molecule has 0 N–H and O–H groups in total. The van der Waals surface area contributed by atoms with Gasteiger partial charge in [-0.2, -0.15) is 0 Å². The standard InChI is InChI=1S/C8H5FSe/c9-8-2-1-6-4-10-5-7(6)3-8/h1-5H. The zero-order valence-electron chi connectivity index (χ0n) is 5.17. The molecule has 0 radical (unpaired) electrons. The zero-order chi connectivity index (χ0) is 6.97. The Bertz CT molecular complexity index is 351. The molecule has 0 spiro atoms. The molecule has 0 aliphatic carbocycles. The van der Waals surface area contributed by atoms with Crippen molar-refractivity contribution in [2.75, 3.05) is 0 Å². The average Bonchev–Trinajstić information content (AvgIpc) is 2.33. The molecule has 1 aromatic carbocycles. The molecule has 2 aromatic rings. The van der Waals surface area contributed by atoms with Crippen LogP contribution in [0.15, 0.2) is 28.1 Å². The first-order chi connectivity index (χ1) is 4.86. The van der Waals surface area contributed by atoms with E-state index in [0.29, 0.717) is 14.5 Å². The van der Waals surface area contributed by atoms with Gasteiger partial charge in [-0.15, -0.1) is 0 Å². The maximum absolute atomic E-state index is 12.5. The molecule has 1 heterocycles. The summed E-state index contributed by atoms with van der Waals surface area (Å²) >= 11 is 0.454. The Balaban J connectivity index is 2.86. The summed E-state index contributed by atoms with van der Waals surface area (Å²) in [5.74, 6) is -0.138. The summed E-state index contributed by atoms with van der Waals surface area (Å²) in [5, 5.41) is 2.24. The van der Waals surface area contributed by atoms with Crippen molar-refractivity contribution in [2.45, 2.75) is 0 Å². The summed E-state index contributed by atoms with van der Waals surface area (Å²) in [6, 6.07) is 4.92. The first-order valence-electron chi connectivity index (χ1n) is 2.98. The molecule has 0 bridgehead atoms. The number of hydrogen-bond acceptors (Lipinski definition) is 0. The molecule has 2 heteroatoms. The Morgan fingerprint density at radius 2 is 1.90 bits per heavy atom. The average molecular weight is 199 g/mol. The summed E-state index contributed by atoms with van der Waals surface area (Å²) in [7, 11) is 0. The van der Waals surface area contributed by atoms with Crippen molar-refractivity contribution >= 4 is 25.3 Å². The van der Waals surface area contributed by atoms with E-state index in [1.54, 1.807) is 6.07 Å². The molecule has 50 valence electrons. The molecular weight excluding hydrogens is 194 g/mol. The van der Waals surface area contributed by atoms with Crippen molar-refractivity contribution in [3.8, 4) is 0 Å². The molecule has 0 unspecified atom stereocenters. The van der Waals surface area contributed by atoms with Crippen LogP contribution in [0, 0.1) is 5.82 Å². The Morgan fingerprint density at radius 1 is 1.10 bits per heavy atom. The number of hydrogen-bond donors (Lipinski definition) is 0. The minimum atomic E-state index is -0.138. The molecule has 0 nitrogen and oxygen atoms in total. The summed E-state index contributed by atoms with van der Waals surface area (Å²) < 4.78 is 12.5. The van der Waals surface area contributed by atoms with Crippen LogP contribution in [0.3, 0.4) is 0 Å². The van der Waals surface area contributed by atoms with E-state index in [4.69, 9.17) is 0 Å². The maximum atomic E-state index is 12.5. The van der Waals surface area contributed by atoms with Crippen molar-refractivity contribution in [1.82, 2.24) is 0 Å². The predicted molar refractivity (Wildman–Crippen MR) is 40.8 cm³/mol. The molecule has 0 atom stereocenters. The molecule has 0 fully saturated rings. The summed E-state index contributed by atoms with van der Waals surface area (Å²) in [5.41, 5.74) is 0. The van der Waals surface area contributed by atoms with Crippen molar-refractivity contribution in [1.29, 1.82) is 0 Å². The first kappa shape index (κ1) is 6.14. The number of halogens is 1. The Labute approximate surface area is 64.0 Å². The summed E-state index contributed by atoms with van der Waals surface area (Å²) in [4.78, 5) is 4.24. The van der Waals surface area contributed by atoms with Crippen molar-refractivity contribution in [2.24, 2.45) is 0 Å². The van der Waals surface area contributed by atoms with Crippen molar-refractivity contribution < 1.29 is 4.39 Å². The van der Waals surface area contributed by atoms with Gasteiger partial charge in [-0.25, -0.2) is 0 Å². The fourth-order valence-electron chi connectivity index (χ4n) is 0.936. The van der Waals surface area contributed by atoms with Gasteiger partial charge < -0.3 is 0 Å². The van der Waals surface area contributed by atoms with Crippen LogP contribution in [0.1, 0.15) is 0 Å². The second-order valence-electron chi connectivity index (χ2n) is 2.15. The third-order valence-electron chi connectivity index (χ3n) is 1.44. The van der Waals surface area contributed by atoms with Gasteiger partial charge in [0.05, 0.1) is 0 Å². The molecule has 0 saturated carbocycles. The van der Waals surface area contributed by atoms with Crippen molar-refractivity contribution in [3.05, 3.63) is 33.9 Å². The van der Waals surface area contributed by atoms with E-state index in [0.717, 1.165) is 5.39 Å². The minimum absolute atomic E-state index is 0.138. The van der Waals surface area contributed by atoms with Gasteiger partial charge >= 0.3 is 63.6 Å². The van der Waals surface area contributed by atoms with E-state index in [2.05, 4.69) is 9.88 Å². The van der Waals surface area contributed by atoms with E-state index in [1.807, 2.05) is 6.07 Å². The molecule has 1 aromatic heterocycles. The number of fused-ring (bicyclic) bond motifs is 1. The molecule has 0 amide bonds. The summed E-state index contributed by atoms with van der Waals surface area (Å²) in [6.45, 7) is 0. The molecule has 0 saturated heterocycles. The van der Waals surface area contributed by atoms with E-state index in [1.165, 1.54) is 11.5 Å². The second kappa shape index (κ2) is 2.22. The van der Waals surface area contributed by atoms with Gasteiger partial charge in [-0.3, -0.25) is 0 Å². The van der Waals surface area contributed by atoms with Gasteiger partial charge in [0, 0.05) is 0 Å². The van der Waals surface area contributed by atoms with Crippen LogP contribution in [-0.2, 0) is 0 Å². The number of rotatable bonds is 0. The SMILES string of the molecule is Fc1ccc2c[se]cc2c1. The third kappa shape index (κ3) is 0.898. The second-order valence-corrected chi connectivity index (χ2v) is 3.71. The topological polar surface area (TPSA) is 0 Å². The Hall–Kier alpha value is -0.591. The van der Waals surface area contributed by atoms with Crippen LogP contribution in [-0.4, -0.2) is 14.5 Å². The van der Waals surface area contributed by atoms with Gasteiger partial charge in [0.1, 0.15) is 0 Å². The van der Waals surface area contributed by atoms with E-state index >= 15 is 0 Å². The molecule has 0 aliphatic rings. The molecule has 10 heavy (non-hydrogen) atoms. The third-order valence-corrected chi connectivity index (χ3v) is 3.08. The van der Waals surface area contributed by atoms with Crippen LogP contribution in [0.4, 0.5) is 4.39 Å².